The number of aliphatic hydroxyl groups excluding tert-OH is 1. The second-order valence-corrected chi connectivity index (χ2v) is 7.13. The molecule has 3 aromatic carbocycles. The Morgan fingerprint density at radius 1 is 0.875 bits per heavy atom. The number of carbonyl (C=O) groups excluding carboxylic acids is 2. The monoisotopic (exact) mass is 441 g/mol. The van der Waals surface area contributed by atoms with Crippen molar-refractivity contribution in [1.82, 2.24) is 0 Å². The molecule has 4 rings (SSSR count). The highest BCUT2D eigenvalue weighted by Gasteiger charge is 2.47. The summed E-state index contributed by atoms with van der Waals surface area (Å²) < 4.78 is 53.3. The Balaban J connectivity index is 1.94. The number of carbonyl (C=O) groups is 2. The van der Waals surface area contributed by atoms with Gasteiger partial charge < -0.3 is 5.11 Å². The van der Waals surface area contributed by atoms with E-state index in [2.05, 4.69) is 0 Å². The summed E-state index contributed by atoms with van der Waals surface area (Å²) in [6, 6.07) is 15.5. The molecule has 1 aliphatic rings. The number of rotatable bonds is 3. The Kier molecular flexibility index (Phi) is 5.30. The normalized spacial score (nSPS) is 18.2. The van der Waals surface area contributed by atoms with E-state index in [1.165, 1.54) is 30.3 Å². The van der Waals surface area contributed by atoms with Crippen LogP contribution in [0.15, 0.2) is 84.4 Å². The first-order valence-corrected chi connectivity index (χ1v) is 9.47. The van der Waals surface area contributed by atoms with Gasteiger partial charge in [-0.05, 0) is 35.9 Å². The SMILES string of the molecule is O=C1C(=O)N(c2cccc(C(F)(F)F)c2)[C@@H](c2ccc(F)cc2)C1=C(O)c1ccccc1. The van der Waals surface area contributed by atoms with Crippen LogP contribution >= 0.6 is 0 Å². The van der Waals surface area contributed by atoms with Crippen molar-refractivity contribution in [1.29, 1.82) is 0 Å². The Morgan fingerprint density at radius 3 is 2.16 bits per heavy atom. The van der Waals surface area contributed by atoms with E-state index in [0.29, 0.717) is 0 Å². The molecule has 0 aromatic heterocycles. The van der Waals surface area contributed by atoms with Crippen molar-refractivity contribution in [3.05, 3.63) is 107 Å². The largest absolute Gasteiger partial charge is 0.507 e. The summed E-state index contributed by atoms with van der Waals surface area (Å²) >= 11 is 0. The second kappa shape index (κ2) is 7.96. The van der Waals surface area contributed by atoms with Crippen LogP contribution in [0.2, 0.25) is 0 Å². The van der Waals surface area contributed by atoms with Crippen LogP contribution in [0.25, 0.3) is 5.76 Å². The van der Waals surface area contributed by atoms with E-state index in [1.807, 2.05) is 0 Å². The Morgan fingerprint density at radius 2 is 1.53 bits per heavy atom. The second-order valence-electron chi connectivity index (χ2n) is 7.13. The summed E-state index contributed by atoms with van der Waals surface area (Å²) in [5.74, 6) is -3.21. The molecule has 0 radical (unpaired) electrons. The quantitative estimate of drug-likeness (QED) is 0.254. The van der Waals surface area contributed by atoms with Crippen molar-refractivity contribution >= 4 is 23.1 Å². The van der Waals surface area contributed by atoms with E-state index in [1.54, 1.807) is 18.2 Å². The minimum absolute atomic E-state index is 0.177. The molecule has 0 unspecified atom stereocenters. The van der Waals surface area contributed by atoms with Crippen LogP contribution in [0.4, 0.5) is 23.2 Å². The van der Waals surface area contributed by atoms with Crippen molar-refractivity contribution in [2.45, 2.75) is 12.2 Å². The van der Waals surface area contributed by atoms with E-state index in [9.17, 15) is 32.3 Å². The lowest BCUT2D eigenvalue weighted by atomic mass is 9.95. The number of nitrogens with zero attached hydrogens (tertiary/aromatic N) is 1. The topological polar surface area (TPSA) is 57.6 Å². The number of anilines is 1. The third-order valence-corrected chi connectivity index (χ3v) is 5.13. The lowest BCUT2D eigenvalue weighted by Gasteiger charge is -2.26. The summed E-state index contributed by atoms with van der Waals surface area (Å²) in [5, 5.41) is 10.9. The molecule has 1 saturated heterocycles. The minimum Gasteiger partial charge on any atom is -0.507 e. The van der Waals surface area contributed by atoms with Crippen molar-refractivity contribution in [3.63, 3.8) is 0 Å². The maximum Gasteiger partial charge on any atom is 0.416 e. The lowest BCUT2D eigenvalue weighted by molar-refractivity contribution is -0.137. The molecule has 0 spiro atoms. The lowest BCUT2D eigenvalue weighted by Crippen LogP contribution is -2.29. The van der Waals surface area contributed by atoms with E-state index in [-0.39, 0.29) is 22.4 Å². The highest BCUT2D eigenvalue weighted by Crippen LogP contribution is 2.43. The van der Waals surface area contributed by atoms with Gasteiger partial charge in [0.25, 0.3) is 11.7 Å². The fourth-order valence-corrected chi connectivity index (χ4v) is 3.64. The van der Waals surface area contributed by atoms with Gasteiger partial charge >= 0.3 is 6.18 Å². The average Bonchev–Trinajstić information content (AvgIpc) is 3.04. The number of benzene rings is 3. The Hall–Kier alpha value is -3.94. The standard InChI is InChI=1S/C24H15F4NO3/c25-17-11-9-14(10-12-17)20-19(21(30)15-5-2-1-3-6-15)22(31)23(32)29(20)18-8-4-7-16(13-18)24(26,27)28/h1-13,20,30H/t20-/m0/s1. The predicted octanol–water partition coefficient (Wildman–Crippen LogP) is 5.47. The molecule has 32 heavy (non-hydrogen) atoms. The van der Waals surface area contributed by atoms with Crippen molar-refractivity contribution in [2.24, 2.45) is 0 Å². The van der Waals surface area contributed by atoms with Crippen LogP contribution in [0.5, 0.6) is 0 Å². The van der Waals surface area contributed by atoms with Gasteiger partial charge in [-0.15, -0.1) is 0 Å². The summed E-state index contributed by atoms with van der Waals surface area (Å²) in [4.78, 5) is 26.8. The van der Waals surface area contributed by atoms with E-state index < -0.39 is 41.0 Å². The van der Waals surface area contributed by atoms with Gasteiger partial charge in [0.2, 0.25) is 0 Å². The maximum atomic E-state index is 13.5. The van der Waals surface area contributed by atoms with E-state index in [4.69, 9.17) is 0 Å². The molecular formula is C24H15F4NO3. The molecule has 1 amide bonds. The zero-order valence-corrected chi connectivity index (χ0v) is 16.3. The molecule has 8 heteroatoms. The van der Waals surface area contributed by atoms with Gasteiger partial charge in [0.1, 0.15) is 11.6 Å². The van der Waals surface area contributed by atoms with Crippen LogP contribution in [0, 0.1) is 5.82 Å². The smallest absolute Gasteiger partial charge is 0.416 e. The zero-order chi connectivity index (χ0) is 23.0. The maximum absolute atomic E-state index is 13.5. The average molecular weight is 441 g/mol. The van der Waals surface area contributed by atoms with Gasteiger partial charge in [0, 0.05) is 11.3 Å². The minimum atomic E-state index is -4.67. The summed E-state index contributed by atoms with van der Waals surface area (Å²) in [7, 11) is 0. The van der Waals surface area contributed by atoms with Crippen LogP contribution < -0.4 is 4.90 Å². The van der Waals surface area contributed by atoms with Crippen molar-refractivity contribution in [2.75, 3.05) is 4.90 Å². The molecule has 1 fully saturated rings. The summed E-state index contributed by atoms with van der Waals surface area (Å²) in [6.45, 7) is 0. The van der Waals surface area contributed by atoms with Gasteiger partial charge in [0.15, 0.2) is 0 Å². The molecule has 1 heterocycles. The molecule has 1 atom stereocenters. The van der Waals surface area contributed by atoms with Gasteiger partial charge in [-0.3, -0.25) is 14.5 Å². The predicted molar refractivity (Wildman–Crippen MR) is 109 cm³/mol. The number of hydrogen-bond donors (Lipinski definition) is 1. The molecular weight excluding hydrogens is 426 g/mol. The first kappa shape index (κ1) is 21.3. The van der Waals surface area contributed by atoms with E-state index >= 15 is 0 Å². The number of alkyl halides is 3. The molecule has 0 saturated carbocycles. The Labute approximate surface area is 180 Å². The first-order chi connectivity index (χ1) is 15.2. The van der Waals surface area contributed by atoms with E-state index in [0.717, 1.165) is 35.2 Å². The highest BCUT2D eigenvalue weighted by atomic mass is 19.4. The molecule has 0 bridgehead atoms. The molecule has 4 nitrogen and oxygen atoms in total. The van der Waals surface area contributed by atoms with Crippen LogP contribution in [-0.2, 0) is 15.8 Å². The van der Waals surface area contributed by atoms with Gasteiger partial charge in [0.05, 0.1) is 17.2 Å². The number of ketones is 1. The van der Waals surface area contributed by atoms with Crippen molar-refractivity contribution in [3.8, 4) is 0 Å². The third kappa shape index (κ3) is 3.75. The third-order valence-electron chi connectivity index (χ3n) is 5.13. The highest BCUT2D eigenvalue weighted by molar-refractivity contribution is 6.51. The van der Waals surface area contributed by atoms with Crippen LogP contribution in [-0.4, -0.2) is 16.8 Å². The Bertz CT molecular complexity index is 1220. The molecule has 1 aliphatic heterocycles. The molecule has 0 aliphatic carbocycles. The summed E-state index contributed by atoms with van der Waals surface area (Å²) in [5.41, 5.74) is -0.978. The molecule has 3 aromatic rings. The van der Waals surface area contributed by atoms with Gasteiger partial charge in [-0.1, -0.05) is 48.5 Å². The fraction of sp³-hybridized carbons (Fsp3) is 0.0833. The molecule has 1 N–H and O–H groups in total. The van der Waals surface area contributed by atoms with Crippen LogP contribution in [0.1, 0.15) is 22.7 Å². The summed E-state index contributed by atoms with van der Waals surface area (Å²) in [6.07, 6.45) is -4.67. The number of aliphatic hydroxyl groups is 1. The number of halogens is 4. The number of hydrogen-bond acceptors (Lipinski definition) is 3. The number of Topliss-reactive ketones (excluding diaryl/α,β-unsaturated/α-hetero) is 1. The van der Waals surface area contributed by atoms with Crippen molar-refractivity contribution < 1.29 is 32.3 Å². The van der Waals surface area contributed by atoms with Crippen LogP contribution in [0.3, 0.4) is 0 Å². The molecule has 162 valence electrons. The van der Waals surface area contributed by atoms with Gasteiger partial charge in [-0.2, -0.15) is 13.2 Å². The zero-order valence-electron chi connectivity index (χ0n) is 16.3. The first-order valence-electron chi connectivity index (χ1n) is 9.47. The fourth-order valence-electron chi connectivity index (χ4n) is 3.64. The van der Waals surface area contributed by atoms with Gasteiger partial charge in [-0.25, -0.2) is 4.39 Å². The number of amides is 1.